The molecule has 0 aliphatic carbocycles. The van der Waals surface area contributed by atoms with Crippen molar-refractivity contribution in [2.24, 2.45) is 23.7 Å². The summed E-state index contributed by atoms with van der Waals surface area (Å²) in [5.74, 6) is -6.19. The number of rotatable bonds is 21. The molecule has 11 aliphatic heterocycles. The Balaban J connectivity index is 0.000000335. The molecule has 29 atom stereocenters. The third-order valence-corrected chi connectivity index (χ3v) is 30.9. The molecule has 1 unspecified atom stereocenters. The van der Waals surface area contributed by atoms with Crippen molar-refractivity contribution >= 4 is 167 Å². The fraction of sp³-hybridized carbons (Fsp3) is 0.849. The molecule has 41 nitrogen and oxygen atoms in total. The van der Waals surface area contributed by atoms with Gasteiger partial charge >= 0.3 is 46.2 Å². The lowest BCUT2D eigenvalue weighted by atomic mass is 9.90. The first-order chi connectivity index (χ1) is 65.4. The molecule has 11 fully saturated rings. The van der Waals surface area contributed by atoms with Crippen LogP contribution >= 0.6 is 97.1 Å². The van der Waals surface area contributed by atoms with Crippen LogP contribution in [0.25, 0.3) is 11.2 Å². The Bertz CT molecular complexity index is 4480. The monoisotopic (exact) mass is 2270 g/mol. The van der Waals surface area contributed by atoms with Gasteiger partial charge in [0, 0.05) is 29.2 Å². The van der Waals surface area contributed by atoms with Crippen LogP contribution in [0.2, 0.25) is 5.15 Å². The predicted octanol–water partition coefficient (Wildman–Crippen LogP) is 12.1. The fourth-order valence-electron chi connectivity index (χ4n) is 15.6. The lowest BCUT2D eigenvalue weighted by Gasteiger charge is -2.30. The number of cyclic esters (lactones) is 2. The molecule has 143 heavy (non-hydrogen) atoms. The summed E-state index contributed by atoms with van der Waals surface area (Å²) in [6.45, 7) is 56.8. The third kappa shape index (κ3) is 34.9. The van der Waals surface area contributed by atoms with Gasteiger partial charge in [-0.15, -0.1) is 69.6 Å². The van der Waals surface area contributed by atoms with Crippen LogP contribution in [0.3, 0.4) is 0 Å². The highest BCUT2D eigenvalue weighted by molar-refractivity contribution is 9.09. The highest BCUT2D eigenvalue weighted by Gasteiger charge is 2.63. The number of nitrogens with two attached hydrogens (primary N) is 1. The molecule has 0 bridgehead atoms. The maximum absolute atomic E-state index is 12.0. The smallest absolute Gasteiger partial charge is 0.401 e. The number of aliphatic hydroxyl groups is 6. The number of aliphatic hydroxyl groups excluding tert-OH is 5. The Hall–Kier alpha value is -3.80. The number of carbonyl (C=O) groups is 7. The number of carbonyl (C=O) groups excluding carboxylic acids is 7. The molecule has 8 N–H and O–H groups in total. The lowest BCUT2D eigenvalue weighted by molar-refractivity contribution is -0.195. The van der Waals surface area contributed by atoms with Crippen LogP contribution in [-0.2, 0) is 142 Å². The highest BCUT2D eigenvalue weighted by Crippen LogP contribution is 2.50. The number of halogens is 8. The lowest BCUT2D eigenvalue weighted by Crippen LogP contribution is -2.54. The number of imidazole rings is 1. The number of esters is 6. The summed E-state index contributed by atoms with van der Waals surface area (Å²) >= 11 is 46.2. The van der Waals surface area contributed by atoms with Gasteiger partial charge in [-0.3, -0.25) is 19.0 Å². The number of hydrogen-bond acceptors (Lipinski definition) is 40. The molecule has 2 aromatic heterocycles. The van der Waals surface area contributed by atoms with Crippen molar-refractivity contribution in [3.8, 4) is 0 Å². The fourth-order valence-corrected chi connectivity index (χ4v) is 19.0. The number of fused-ring (bicyclic) bond motifs is 1. The molecule has 0 amide bonds. The number of nitrogen functional groups attached to an aromatic ring is 1. The molecule has 11 aliphatic rings. The van der Waals surface area contributed by atoms with Gasteiger partial charge in [0.1, 0.15) is 76.4 Å². The molecule has 11 saturated heterocycles. The number of aldehydes is 1. The number of anilines is 1. The molecular weight excluding hydrogens is 2120 g/mol. The molecule has 0 spiro atoms. The van der Waals surface area contributed by atoms with Crippen LogP contribution in [0.4, 0.5) is 5.95 Å². The number of nitrogens with zero attached hydrogens (tertiary/aromatic N) is 4. The van der Waals surface area contributed by atoms with E-state index in [1.54, 1.807) is 114 Å². The van der Waals surface area contributed by atoms with Crippen molar-refractivity contribution in [2.75, 3.05) is 71.8 Å². The highest BCUT2D eigenvalue weighted by atomic mass is 79.9. The summed E-state index contributed by atoms with van der Waals surface area (Å²) in [5.41, 5.74) is 3.47. The minimum Gasteiger partial charge on any atom is -0.465 e. The van der Waals surface area contributed by atoms with E-state index in [0.717, 1.165) is 32.0 Å². The first-order valence-electron chi connectivity index (χ1n) is 47.4. The maximum atomic E-state index is 12.0. The number of hydrogen-bond donors (Lipinski definition) is 7. The second kappa shape index (κ2) is 53.7. The molecule has 13 rings (SSSR count). The zero-order chi connectivity index (χ0) is 110. The number of ether oxygens (including phenoxy) is 19. The summed E-state index contributed by atoms with van der Waals surface area (Å²) < 4.78 is 134. The average Bonchev–Trinajstić information content (AvgIpc) is 1.59. The van der Waals surface area contributed by atoms with E-state index in [1.807, 2.05) is 62.3 Å². The van der Waals surface area contributed by atoms with Crippen LogP contribution in [0, 0.1) is 23.7 Å². The van der Waals surface area contributed by atoms with Gasteiger partial charge in [-0.05, 0) is 191 Å². The molecule has 13 heterocycles. The summed E-state index contributed by atoms with van der Waals surface area (Å²) in [5, 5.41) is 57.4. The van der Waals surface area contributed by atoms with Gasteiger partial charge < -0.3 is 131 Å². The molecule has 0 saturated carbocycles. The summed E-state index contributed by atoms with van der Waals surface area (Å²) in [7, 11) is -4.28. The van der Waals surface area contributed by atoms with E-state index >= 15 is 0 Å². The Morgan fingerprint density at radius 1 is 0.580 bits per heavy atom. The van der Waals surface area contributed by atoms with E-state index in [4.69, 9.17) is 186 Å². The number of alkyl halides is 7. The van der Waals surface area contributed by atoms with Crippen molar-refractivity contribution < 1.29 is 171 Å². The van der Waals surface area contributed by atoms with E-state index in [-0.39, 0.29) is 127 Å². The zero-order valence-corrected chi connectivity index (χ0v) is 95.2. The summed E-state index contributed by atoms with van der Waals surface area (Å²) in [6.07, 6.45) is -1.34. The molecular formula is C93H153BrCl7N5O36S. The van der Waals surface area contributed by atoms with E-state index in [9.17, 15) is 67.5 Å². The van der Waals surface area contributed by atoms with Gasteiger partial charge in [-0.2, -0.15) is 18.4 Å². The molecule has 828 valence electrons. The SMILES string of the molecule is CC1(C)OC[C@H](C=O)O1.CCOC(=O)/C(C)=C/[C@H]1COC(C)(C)O1.CCOC(=O)[C@@](C)(Cl)[C@H](O)[C@H]1COC(C)(C)O1.CCOC(=O)[C@@](C)(O)[C@H](O)[C@H]1COC(C)(C)O1.CCOC(=O)[C@@]1(C)OS(=O)(=O)O[C@@H]1[C@H]1COC(C)(C)O1.CC[C@H]1OC(=O)[C@](C)(Cl)[C@@H]1C.CC[C@H]1OC(O)[C@](C)(Cl)[C@@H]1C.CC[C@H]1O[C@@H](n2cnc3c(Cl)nc(N)nc32)[C@](C)(Cl)[C@@H]1C.CC[C@H]1O[C@H](Br)[C@](C)(Cl)[C@@H]1C.C[C@]1(Cl)C(=O)O[C@H](CO)[C@H]1O. The molecule has 2 aromatic rings. The topological polar surface area (TPSA) is 538 Å². The number of aromatic nitrogens is 4. The van der Waals surface area contributed by atoms with Gasteiger partial charge in [0.25, 0.3) is 0 Å². The van der Waals surface area contributed by atoms with Crippen molar-refractivity contribution in [2.45, 2.75) is 413 Å². The van der Waals surface area contributed by atoms with Crippen LogP contribution < -0.4 is 5.73 Å². The van der Waals surface area contributed by atoms with Crippen molar-refractivity contribution in [3.05, 3.63) is 23.1 Å². The largest absolute Gasteiger partial charge is 0.465 e. The average molecular weight is 2280 g/mol. The van der Waals surface area contributed by atoms with Gasteiger partial charge in [0.15, 0.2) is 80.0 Å². The van der Waals surface area contributed by atoms with Gasteiger partial charge in [0.2, 0.25) is 11.5 Å². The molecule has 50 heteroatoms. The molecule has 0 aromatic carbocycles. The van der Waals surface area contributed by atoms with E-state index in [2.05, 4.69) is 63.3 Å². The first kappa shape index (κ1) is 131. The summed E-state index contributed by atoms with van der Waals surface area (Å²) in [4.78, 5) is 85.7. The normalized spacial score (nSPS) is 36.5. The van der Waals surface area contributed by atoms with Gasteiger partial charge in [-0.25, -0.2) is 27.7 Å². The Kier molecular flexibility index (Phi) is 49.3. The second-order valence-corrected chi connectivity index (χ2v) is 46.2. The van der Waals surface area contributed by atoms with Crippen LogP contribution in [-0.4, -0.2) is 333 Å². The first-order valence-corrected chi connectivity index (χ1v) is 52.3. The van der Waals surface area contributed by atoms with E-state index in [0.29, 0.717) is 48.6 Å². The zero-order valence-electron chi connectivity index (χ0n) is 87.5. The van der Waals surface area contributed by atoms with E-state index in [1.165, 1.54) is 27.7 Å². The van der Waals surface area contributed by atoms with E-state index < -0.39 is 161 Å². The van der Waals surface area contributed by atoms with Crippen LogP contribution in [0.15, 0.2) is 18.0 Å². The summed E-state index contributed by atoms with van der Waals surface area (Å²) in [6, 6.07) is 0. The van der Waals surface area contributed by atoms with Gasteiger partial charge in [0.05, 0.1) is 105 Å². The standard InChI is InChI=1S/C13H17Cl2N5O.C11H19ClO5.C11H18O8S.C11H20O6.C11H18O4.C8H14BrClO.C8H15ClO2.C8H13ClO2.C6H9ClO4.C6H10O3/c1-4-7-6(2)13(3,15)11(21-7)20-5-17-8-9(14)18-12(16)19-10(8)20;1-5-15-9(14)11(4,12)8(13)7-6-16-10(2,3)17-7;1-5-15-9(12)11(4)8(18-20(13,14)19-11)7-6-16-10(2,3)17-7;1-5-15-9(13)11(4,14)8(12)7-6-16-10(2,3)17-7;1-5-13-10(12)8(2)6-9-7-14-11(3,4)15-9;1-4-6-5(2)8(3,10)7(9)11-6;2*1-4-6-5(2)8(3,9)7(10)11-6;1-6(7)4(9)3(2-8)11-5(6)10;1-6(2)8-4-5(3-7)9-6/h5-7,11H,4H2,1-3H3,(H2,16,18,19);7-8,13H,5-6H2,1-4H3;7-8H,5-6H2,1-4H3;7-8,12,14H,5-6H2,1-4H3;6,9H,5,7H2,1-4H3;5-7H,4H2,1-3H3;5-7,10H,4H2,1-3H3;5-6H,4H2,1-3H3;3-4,8-9H,2H2,1H3;3,5H,4H2,1-2H3/b;;;;8-6+;;;;;/t6-,7-,11-,13-;3*7-,8-,11+;9-;5-,6-,7+,8-;5-,6-,7?,8-;5-,6-,8-;3-,4-,6-;5-/m1111011110/s1. The third-order valence-electron chi connectivity index (χ3n) is 25.3. The Morgan fingerprint density at radius 2 is 1.01 bits per heavy atom. The van der Waals surface area contributed by atoms with Crippen molar-refractivity contribution in [1.82, 2.24) is 19.5 Å². The quantitative estimate of drug-likeness (QED) is 0.0152. The minimum atomic E-state index is -4.28. The van der Waals surface area contributed by atoms with Crippen LogP contribution in [0.5, 0.6) is 0 Å². The second-order valence-electron chi connectivity index (χ2n) is 39.1. The van der Waals surface area contributed by atoms with Crippen LogP contribution in [0.1, 0.15) is 247 Å². The van der Waals surface area contributed by atoms with Crippen molar-refractivity contribution in [1.29, 1.82) is 0 Å². The Morgan fingerprint density at radius 3 is 1.37 bits per heavy atom. The predicted molar refractivity (Wildman–Crippen MR) is 530 cm³/mol. The molecule has 0 radical (unpaired) electrons. The maximum Gasteiger partial charge on any atom is 0.401 e. The minimum absolute atomic E-state index is 0.00313. The van der Waals surface area contributed by atoms with Gasteiger partial charge in [-0.1, -0.05) is 82.9 Å². The van der Waals surface area contributed by atoms with Crippen molar-refractivity contribution in [3.63, 3.8) is 0 Å². The Labute approximate surface area is 882 Å².